The number of nitrogens with one attached hydrogen (secondary N) is 1. The van der Waals surface area contributed by atoms with Crippen LogP contribution in [0.5, 0.6) is 5.75 Å². The van der Waals surface area contributed by atoms with Crippen molar-refractivity contribution in [3.8, 4) is 5.75 Å². The van der Waals surface area contributed by atoms with Crippen LogP contribution in [0.2, 0.25) is 0 Å². The van der Waals surface area contributed by atoms with Gasteiger partial charge in [0.25, 0.3) is 5.91 Å². The maximum atomic E-state index is 13.8. The summed E-state index contributed by atoms with van der Waals surface area (Å²) in [5.41, 5.74) is -3.40. The fraction of sp³-hybridized carbons (Fsp3) is 0.490. The Morgan fingerprint density at radius 1 is 0.844 bits per heavy atom. The number of ketones is 2. The van der Waals surface area contributed by atoms with Gasteiger partial charge < -0.3 is 45.6 Å². The van der Waals surface area contributed by atoms with Crippen LogP contribution in [0.15, 0.2) is 102 Å². The summed E-state index contributed by atoms with van der Waals surface area (Å²) in [4.78, 5) is 49.0. The molecule has 5 aliphatic rings. The number of ether oxygens (including phenoxy) is 1. The molecule has 2 saturated heterocycles. The number of phenols is 1. The summed E-state index contributed by atoms with van der Waals surface area (Å²) in [6.45, 7) is 9.19. The van der Waals surface area contributed by atoms with Gasteiger partial charge in [0.2, 0.25) is 5.78 Å². The van der Waals surface area contributed by atoms with Crippen LogP contribution >= 0.6 is 0 Å². The van der Waals surface area contributed by atoms with E-state index in [9.17, 15) is 45.0 Å². The Balaban J connectivity index is 0.000000206. The lowest BCUT2D eigenvalue weighted by atomic mass is 9.55. The van der Waals surface area contributed by atoms with E-state index in [1.165, 1.54) is 35.6 Å². The minimum absolute atomic E-state index is 0.127. The monoisotopic (exact) mass is 881 g/mol. The van der Waals surface area contributed by atoms with E-state index in [4.69, 9.17) is 4.74 Å². The van der Waals surface area contributed by atoms with Crippen molar-refractivity contribution in [2.24, 2.45) is 11.8 Å². The molecule has 0 radical (unpaired) electrons. The van der Waals surface area contributed by atoms with Gasteiger partial charge in [-0.1, -0.05) is 72.8 Å². The first-order valence-corrected chi connectivity index (χ1v) is 22.2. The highest BCUT2D eigenvalue weighted by atomic mass is 16.5. The number of hydrogen-bond acceptors (Lipinski definition) is 14. The molecule has 2 aliphatic heterocycles. The highest BCUT2D eigenvalue weighted by Crippen LogP contribution is 2.56. The van der Waals surface area contributed by atoms with Gasteiger partial charge >= 0.3 is 0 Å². The first-order valence-electron chi connectivity index (χ1n) is 22.2. The first kappa shape index (κ1) is 47.0. The lowest BCUT2D eigenvalue weighted by Crippen LogP contribution is -2.65. The number of amides is 1. The lowest BCUT2D eigenvalue weighted by molar-refractivity contribution is -0.152. The van der Waals surface area contributed by atoms with Crippen LogP contribution in [0, 0.1) is 11.8 Å². The van der Waals surface area contributed by atoms with Crippen LogP contribution in [-0.4, -0.2) is 160 Å². The molecule has 15 heteroatoms. The number of benzene rings is 3. The molecule has 2 fully saturated rings. The van der Waals surface area contributed by atoms with E-state index in [-0.39, 0.29) is 36.4 Å². The van der Waals surface area contributed by atoms with E-state index < -0.39 is 75.0 Å². The van der Waals surface area contributed by atoms with E-state index >= 15 is 0 Å². The standard InChI is InChI=1S/C27H33N3O8.C22H30N2O2/c1-26(37)13-7-6-8-16(31)17(13)21(32)18-14(26)11-15-20(29(2)3)22(33)19(24(35)27(15,38)23(18)34)25(36)28-12-30-9-4-5-10-30;1-26-22(20-10-6-3-7-11-20)18-24-16-14-23(15-17-24)13-12-21(25)19-8-4-2-5-9-19/h6-8,14-15,20,31,33-34,37-38H,4-5,9-12H2,1-3H3,(H,28,36);2-11,21-22,25H,12-18H2,1H3/t14?,15-,20-,26+,27-;/m0./s1. The van der Waals surface area contributed by atoms with Crippen molar-refractivity contribution in [2.45, 2.75) is 62.1 Å². The Bertz CT molecular complexity index is 2220. The Labute approximate surface area is 374 Å². The topological polar surface area (TPSA) is 207 Å². The largest absolute Gasteiger partial charge is 0.510 e. The zero-order valence-electron chi connectivity index (χ0n) is 37.2. The minimum atomic E-state index is -2.72. The number of likely N-dealkylation sites (tertiary alicyclic amines) is 1. The van der Waals surface area contributed by atoms with Crippen molar-refractivity contribution in [3.05, 3.63) is 124 Å². The smallest absolute Gasteiger partial charge is 0.259 e. The third-order valence-electron chi connectivity index (χ3n) is 13.9. The molecule has 7 N–H and O–H groups in total. The lowest BCUT2D eigenvalue weighted by Gasteiger charge is -2.52. The highest BCUT2D eigenvalue weighted by Gasteiger charge is 2.65. The number of piperazine rings is 1. The molecule has 1 amide bonds. The minimum Gasteiger partial charge on any atom is -0.510 e. The van der Waals surface area contributed by atoms with E-state index in [1.54, 1.807) is 21.2 Å². The molecular weight excluding hydrogens is 819 g/mol. The maximum absolute atomic E-state index is 13.8. The van der Waals surface area contributed by atoms with Gasteiger partial charge in [0, 0.05) is 63.8 Å². The van der Waals surface area contributed by atoms with Crippen molar-refractivity contribution in [2.75, 3.05) is 80.2 Å². The second-order valence-corrected chi connectivity index (χ2v) is 18.1. The molecule has 0 bridgehead atoms. The molecule has 8 rings (SSSR count). The molecule has 15 nitrogen and oxygen atoms in total. The van der Waals surface area contributed by atoms with E-state index in [0.29, 0.717) is 0 Å². The maximum Gasteiger partial charge on any atom is 0.259 e. The number of aliphatic hydroxyl groups is 5. The van der Waals surface area contributed by atoms with Crippen molar-refractivity contribution >= 4 is 17.5 Å². The van der Waals surface area contributed by atoms with Crippen LogP contribution < -0.4 is 5.32 Å². The van der Waals surface area contributed by atoms with Gasteiger partial charge in [-0.05, 0) is 82.5 Å². The van der Waals surface area contributed by atoms with Gasteiger partial charge in [0.15, 0.2) is 11.4 Å². The van der Waals surface area contributed by atoms with Crippen LogP contribution in [0.1, 0.15) is 71.9 Å². The molecule has 0 saturated carbocycles. The number of aromatic hydroxyl groups is 1. The van der Waals surface area contributed by atoms with Crippen LogP contribution in [0.25, 0.3) is 0 Å². The number of fused-ring (bicyclic) bond motifs is 3. The molecule has 3 aliphatic carbocycles. The molecule has 344 valence electrons. The molecule has 0 spiro atoms. The van der Waals surface area contributed by atoms with Gasteiger partial charge in [-0.15, -0.1) is 0 Å². The molecule has 2 heterocycles. The average molecular weight is 882 g/mol. The van der Waals surface area contributed by atoms with Gasteiger partial charge in [-0.25, -0.2) is 0 Å². The van der Waals surface area contributed by atoms with Gasteiger partial charge in [0.1, 0.15) is 22.8 Å². The normalized spacial score (nSPS) is 27.3. The molecule has 0 aromatic heterocycles. The SMILES string of the molecule is CN(C)[C@@H]1C(O)=C(C(=O)NCN2CCCC2)C(=O)[C@@]2(O)C(O)=C3C(=O)c4c(O)cccc4[C@@](C)(O)C3C[C@@H]12.COC(CN1CCN(CCC(O)c2ccccc2)CC1)c1ccccc1. The van der Waals surface area contributed by atoms with Crippen molar-refractivity contribution in [3.63, 3.8) is 0 Å². The summed E-state index contributed by atoms with van der Waals surface area (Å²) in [5, 5.41) is 69.5. The molecule has 3 aromatic rings. The molecule has 3 unspecified atom stereocenters. The molecule has 7 atom stereocenters. The first-order chi connectivity index (χ1) is 30.6. The summed E-state index contributed by atoms with van der Waals surface area (Å²) >= 11 is 0. The Morgan fingerprint density at radius 2 is 1.45 bits per heavy atom. The van der Waals surface area contributed by atoms with Crippen LogP contribution in [0.3, 0.4) is 0 Å². The predicted octanol–water partition coefficient (Wildman–Crippen LogP) is 3.59. The number of rotatable bonds is 12. The summed E-state index contributed by atoms with van der Waals surface area (Å²) in [5.74, 6) is -7.17. The highest BCUT2D eigenvalue weighted by molar-refractivity contribution is 6.25. The van der Waals surface area contributed by atoms with E-state index in [2.05, 4.69) is 39.4 Å². The van der Waals surface area contributed by atoms with E-state index in [0.717, 1.165) is 77.2 Å². The van der Waals surface area contributed by atoms with Gasteiger partial charge in [-0.3, -0.25) is 29.1 Å². The summed E-state index contributed by atoms with van der Waals surface area (Å²) in [6.07, 6.45) is 2.32. The number of hydrogen-bond donors (Lipinski definition) is 7. The van der Waals surface area contributed by atoms with Gasteiger partial charge in [0.05, 0.1) is 36.1 Å². The molecular formula is C49H63N5O10. The number of likely N-dealkylation sites (N-methyl/N-ethyl adjacent to an activating group) is 1. The third-order valence-corrected chi connectivity index (χ3v) is 13.9. The van der Waals surface area contributed by atoms with Crippen molar-refractivity contribution in [1.29, 1.82) is 0 Å². The van der Waals surface area contributed by atoms with E-state index in [1.807, 2.05) is 41.3 Å². The summed E-state index contributed by atoms with van der Waals surface area (Å²) in [7, 11) is 4.97. The van der Waals surface area contributed by atoms with Crippen LogP contribution in [-0.2, 0) is 19.9 Å². The number of methoxy groups -OCH3 is 1. The number of carbonyl (C=O) groups is 3. The third kappa shape index (κ3) is 9.13. The average Bonchev–Trinajstić information content (AvgIpc) is 3.82. The number of Topliss-reactive ketones (excluding diaryl/α,β-unsaturated/α-hetero) is 2. The fourth-order valence-corrected chi connectivity index (χ4v) is 10.3. The number of nitrogens with zero attached hydrogens (tertiary/aromatic N) is 4. The number of phenolic OH excluding ortho intramolecular Hbond substituents is 1. The Hall–Kier alpha value is -4.97. The van der Waals surface area contributed by atoms with Crippen molar-refractivity contribution in [1.82, 2.24) is 24.9 Å². The Kier molecular flexibility index (Phi) is 14.4. The Morgan fingerprint density at radius 3 is 2.06 bits per heavy atom. The second kappa shape index (κ2) is 19.6. The van der Waals surface area contributed by atoms with Crippen molar-refractivity contribution < 1.29 is 49.8 Å². The zero-order chi connectivity index (χ0) is 45.9. The summed E-state index contributed by atoms with van der Waals surface area (Å²) < 4.78 is 5.71. The predicted molar refractivity (Wildman–Crippen MR) is 239 cm³/mol. The quantitative estimate of drug-likeness (QED) is 0.130. The summed E-state index contributed by atoms with van der Waals surface area (Å²) in [6, 6.07) is 23.5. The fourth-order valence-electron chi connectivity index (χ4n) is 10.3. The molecule has 3 aromatic carbocycles. The zero-order valence-corrected chi connectivity index (χ0v) is 37.2. The van der Waals surface area contributed by atoms with Gasteiger partial charge in [-0.2, -0.15) is 0 Å². The number of aliphatic hydroxyl groups excluding tert-OH is 3. The number of carbonyl (C=O) groups excluding carboxylic acids is 3. The second-order valence-electron chi connectivity index (χ2n) is 18.1. The molecule has 64 heavy (non-hydrogen) atoms. The van der Waals surface area contributed by atoms with Crippen LogP contribution in [0.4, 0.5) is 0 Å².